The van der Waals surface area contributed by atoms with Gasteiger partial charge in [-0.2, -0.15) is 17.9 Å². The van der Waals surface area contributed by atoms with Gasteiger partial charge in [0.2, 0.25) is 10.0 Å². The molecule has 2 aromatic rings. The first-order chi connectivity index (χ1) is 13.3. The Labute approximate surface area is 160 Å². The van der Waals surface area contributed by atoms with Gasteiger partial charge in [-0.25, -0.2) is 21.6 Å². The number of alkyl halides is 3. The first kappa shape index (κ1) is 21.1. The van der Waals surface area contributed by atoms with E-state index in [1.54, 1.807) is 4.72 Å². The maximum absolute atomic E-state index is 14.0. The van der Waals surface area contributed by atoms with E-state index in [9.17, 15) is 39.6 Å². The van der Waals surface area contributed by atoms with Crippen LogP contribution in [0.4, 0.5) is 32.0 Å². The topological polar surface area (TPSA) is 75.3 Å². The Morgan fingerprint density at radius 1 is 0.931 bits per heavy atom. The lowest BCUT2D eigenvalue weighted by molar-refractivity contribution is -0.160. The molecule has 5 nitrogen and oxygen atoms in total. The third-order valence-electron chi connectivity index (χ3n) is 4.29. The Morgan fingerprint density at radius 3 is 2.10 bits per heavy atom. The zero-order valence-electron chi connectivity index (χ0n) is 14.3. The zero-order chi connectivity index (χ0) is 21.6. The zero-order valence-corrected chi connectivity index (χ0v) is 15.1. The number of halogens is 6. The molecule has 0 bridgehead atoms. The molecule has 1 saturated carbocycles. The van der Waals surface area contributed by atoms with E-state index in [2.05, 4.69) is 0 Å². The molecule has 0 atom stereocenters. The maximum Gasteiger partial charge on any atom is 0.407 e. The summed E-state index contributed by atoms with van der Waals surface area (Å²) in [5.41, 5.74) is -3.64. The van der Waals surface area contributed by atoms with Crippen LogP contribution in [0.3, 0.4) is 0 Å². The van der Waals surface area contributed by atoms with Gasteiger partial charge in [-0.3, -0.25) is 4.79 Å². The standard InChI is InChI=1S/C17H12F6N2O3S/c18-12-4-2-10(29(27,28)25-16(5-6-16)17(21,22)23)8-11(12)15(26)24-9-1-3-13(19)14(20)7-9/h1-4,7-8,25H,5-6H2,(H,24,26). The van der Waals surface area contributed by atoms with Gasteiger partial charge in [-0.15, -0.1) is 0 Å². The van der Waals surface area contributed by atoms with E-state index in [-0.39, 0.29) is 5.69 Å². The molecule has 0 aromatic heterocycles. The molecule has 1 aliphatic carbocycles. The number of carbonyl (C=O) groups excluding carboxylic acids is 1. The van der Waals surface area contributed by atoms with Gasteiger partial charge in [0.15, 0.2) is 11.6 Å². The molecule has 0 spiro atoms. The van der Waals surface area contributed by atoms with Crippen molar-refractivity contribution in [2.45, 2.75) is 29.5 Å². The van der Waals surface area contributed by atoms with E-state index in [0.717, 1.165) is 6.07 Å². The van der Waals surface area contributed by atoms with Gasteiger partial charge in [-0.05, 0) is 43.2 Å². The van der Waals surface area contributed by atoms with Gasteiger partial charge in [0.25, 0.3) is 5.91 Å². The Hall–Kier alpha value is -2.60. The van der Waals surface area contributed by atoms with Crippen LogP contribution < -0.4 is 10.0 Å². The molecule has 0 aliphatic heterocycles. The molecule has 0 saturated heterocycles. The summed E-state index contributed by atoms with van der Waals surface area (Å²) in [4.78, 5) is 11.4. The molecule has 1 amide bonds. The van der Waals surface area contributed by atoms with Crippen LogP contribution in [0, 0.1) is 17.5 Å². The van der Waals surface area contributed by atoms with Crippen molar-refractivity contribution in [1.82, 2.24) is 4.72 Å². The minimum absolute atomic E-state index is 0.242. The molecule has 3 rings (SSSR count). The third kappa shape index (κ3) is 4.22. The van der Waals surface area contributed by atoms with Crippen LogP contribution in [0.5, 0.6) is 0 Å². The summed E-state index contributed by atoms with van der Waals surface area (Å²) >= 11 is 0. The summed E-state index contributed by atoms with van der Waals surface area (Å²) in [6, 6.07) is 4.17. The predicted molar refractivity (Wildman–Crippen MR) is 89.1 cm³/mol. The summed E-state index contributed by atoms with van der Waals surface area (Å²) < 4.78 is 105. The molecule has 29 heavy (non-hydrogen) atoms. The van der Waals surface area contributed by atoms with Crippen molar-refractivity contribution in [3.8, 4) is 0 Å². The minimum Gasteiger partial charge on any atom is -0.322 e. The molecular weight excluding hydrogens is 426 g/mol. The van der Waals surface area contributed by atoms with Crippen LogP contribution in [0.1, 0.15) is 23.2 Å². The number of nitrogens with one attached hydrogen (secondary N) is 2. The lowest BCUT2D eigenvalue weighted by atomic mass is 10.2. The monoisotopic (exact) mass is 438 g/mol. The van der Waals surface area contributed by atoms with Crippen molar-refractivity contribution in [3.63, 3.8) is 0 Å². The van der Waals surface area contributed by atoms with E-state index in [4.69, 9.17) is 0 Å². The molecule has 1 fully saturated rings. The van der Waals surface area contributed by atoms with Gasteiger partial charge >= 0.3 is 6.18 Å². The second kappa shape index (κ2) is 7.02. The van der Waals surface area contributed by atoms with Crippen LogP contribution in [-0.4, -0.2) is 26.0 Å². The van der Waals surface area contributed by atoms with E-state index in [1.165, 1.54) is 0 Å². The lowest BCUT2D eigenvalue weighted by Crippen LogP contribution is -2.47. The Kier molecular flexibility index (Phi) is 5.11. The second-order valence-electron chi connectivity index (χ2n) is 6.41. The second-order valence-corrected chi connectivity index (χ2v) is 8.09. The molecule has 2 aromatic carbocycles. The summed E-state index contributed by atoms with van der Waals surface area (Å²) in [5.74, 6) is -4.85. The molecule has 1 aliphatic rings. The highest BCUT2D eigenvalue weighted by atomic mass is 32.2. The fraction of sp³-hybridized carbons (Fsp3) is 0.235. The Balaban J connectivity index is 1.87. The predicted octanol–water partition coefficient (Wildman–Crippen LogP) is 3.73. The normalized spacial score (nSPS) is 15.8. The lowest BCUT2D eigenvalue weighted by Gasteiger charge is -2.20. The SMILES string of the molecule is O=C(Nc1ccc(F)c(F)c1)c1cc(S(=O)(=O)NC2(C(F)(F)F)CC2)ccc1F. The maximum atomic E-state index is 14.0. The van der Waals surface area contributed by atoms with E-state index in [0.29, 0.717) is 30.3 Å². The number of amides is 1. The number of anilines is 1. The van der Waals surface area contributed by atoms with Gasteiger partial charge in [-0.1, -0.05) is 0 Å². The van der Waals surface area contributed by atoms with E-state index >= 15 is 0 Å². The molecule has 0 heterocycles. The average molecular weight is 438 g/mol. The summed E-state index contributed by atoms with van der Waals surface area (Å²) in [6.45, 7) is 0. The highest BCUT2D eigenvalue weighted by molar-refractivity contribution is 7.89. The fourth-order valence-corrected chi connectivity index (χ4v) is 3.97. The number of hydrogen-bond donors (Lipinski definition) is 2. The summed E-state index contributed by atoms with van der Waals surface area (Å²) in [7, 11) is -4.72. The van der Waals surface area contributed by atoms with Crippen molar-refractivity contribution in [2.75, 3.05) is 5.32 Å². The van der Waals surface area contributed by atoms with Crippen LogP contribution in [0.2, 0.25) is 0 Å². The van der Waals surface area contributed by atoms with Crippen molar-refractivity contribution in [1.29, 1.82) is 0 Å². The Bertz CT molecular complexity index is 1080. The van der Waals surface area contributed by atoms with Gasteiger partial charge in [0.1, 0.15) is 11.4 Å². The largest absolute Gasteiger partial charge is 0.407 e. The highest BCUT2D eigenvalue weighted by Crippen LogP contribution is 2.49. The van der Waals surface area contributed by atoms with E-state index < -0.39 is 68.4 Å². The molecule has 2 N–H and O–H groups in total. The molecule has 12 heteroatoms. The van der Waals surface area contributed by atoms with Crippen molar-refractivity contribution in [2.24, 2.45) is 0 Å². The first-order valence-electron chi connectivity index (χ1n) is 8.01. The molecule has 156 valence electrons. The molecule has 0 radical (unpaired) electrons. The van der Waals surface area contributed by atoms with Crippen LogP contribution in [0.25, 0.3) is 0 Å². The number of rotatable bonds is 5. The first-order valence-corrected chi connectivity index (χ1v) is 9.50. The van der Waals surface area contributed by atoms with Crippen molar-refractivity contribution < 1.29 is 39.6 Å². The Morgan fingerprint density at radius 2 is 1.55 bits per heavy atom. The third-order valence-corrected chi connectivity index (χ3v) is 5.83. The molecular formula is C17H12F6N2O3S. The van der Waals surface area contributed by atoms with Gasteiger partial charge in [0.05, 0.1) is 10.5 Å². The summed E-state index contributed by atoms with van der Waals surface area (Å²) in [5, 5.41) is 2.05. The van der Waals surface area contributed by atoms with Gasteiger partial charge in [0, 0.05) is 11.8 Å². The van der Waals surface area contributed by atoms with Crippen LogP contribution in [0.15, 0.2) is 41.3 Å². The summed E-state index contributed by atoms with van der Waals surface area (Å²) in [6.07, 6.45) is -5.70. The quantitative estimate of drug-likeness (QED) is 0.699. The number of carbonyl (C=O) groups is 1. The van der Waals surface area contributed by atoms with Gasteiger partial charge < -0.3 is 5.32 Å². The number of hydrogen-bond acceptors (Lipinski definition) is 3. The minimum atomic E-state index is -4.81. The number of sulfonamides is 1. The van der Waals surface area contributed by atoms with E-state index in [1.807, 2.05) is 5.32 Å². The number of benzene rings is 2. The van der Waals surface area contributed by atoms with Crippen LogP contribution >= 0.6 is 0 Å². The van der Waals surface area contributed by atoms with Crippen LogP contribution in [-0.2, 0) is 10.0 Å². The van der Waals surface area contributed by atoms with Crippen molar-refractivity contribution in [3.05, 3.63) is 59.4 Å². The molecule has 0 unspecified atom stereocenters. The average Bonchev–Trinajstić information content (AvgIpc) is 3.38. The smallest absolute Gasteiger partial charge is 0.322 e. The van der Waals surface area contributed by atoms with Crippen molar-refractivity contribution >= 4 is 21.6 Å². The highest BCUT2D eigenvalue weighted by Gasteiger charge is 2.65. The fourth-order valence-electron chi connectivity index (χ4n) is 2.50.